The molecule has 0 radical (unpaired) electrons. The number of aromatic amines is 1. The molecule has 0 spiro atoms. The molecule has 0 atom stereocenters. The Kier molecular flexibility index (Phi) is 3.72. The summed E-state index contributed by atoms with van der Waals surface area (Å²) in [5, 5.41) is 0. The normalized spacial score (nSPS) is 9.50. The minimum Gasteiger partial charge on any atom is -0.348 e. The zero-order chi connectivity index (χ0) is 6.69. The van der Waals surface area contributed by atoms with Crippen LogP contribution >= 0.6 is 0 Å². The van der Waals surface area contributed by atoms with Crippen LogP contribution in [0.3, 0.4) is 0 Å². The zero-order valence-corrected chi connectivity index (χ0v) is 5.76. The van der Waals surface area contributed by atoms with Gasteiger partial charge in [0.1, 0.15) is 5.82 Å². The standard InChI is InChI=1S/C6H11N3.CH4/c1-9(2)5-6-7-3-4-8-6;/h3-4H,5H2,1-2H3,(H,7,8);1H4. The summed E-state index contributed by atoms with van der Waals surface area (Å²) in [4.78, 5) is 9.14. The molecule has 0 aromatic carbocycles. The van der Waals surface area contributed by atoms with Gasteiger partial charge in [-0.25, -0.2) is 4.98 Å². The molecule has 0 aliphatic carbocycles. The molecule has 58 valence electrons. The number of aromatic nitrogens is 2. The van der Waals surface area contributed by atoms with E-state index >= 15 is 0 Å². The van der Waals surface area contributed by atoms with Crippen LogP contribution in [0.4, 0.5) is 0 Å². The minimum atomic E-state index is 0. The number of nitrogens with zero attached hydrogens (tertiary/aromatic N) is 2. The molecule has 1 N–H and O–H groups in total. The molecule has 0 unspecified atom stereocenters. The quantitative estimate of drug-likeness (QED) is 0.669. The highest BCUT2D eigenvalue weighted by molar-refractivity contribution is 4.85. The molecule has 1 heterocycles. The van der Waals surface area contributed by atoms with E-state index in [0.29, 0.717) is 0 Å². The fraction of sp³-hybridized carbons (Fsp3) is 0.571. The molecule has 0 aliphatic heterocycles. The van der Waals surface area contributed by atoms with Crippen LogP contribution in [0, 0.1) is 0 Å². The van der Waals surface area contributed by atoms with Crippen LogP contribution in [0.2, 0.25) is 0 Å². The van der Waals surface area contributed by atoms with E-state index in [9.17, 15) is 0 Å². The highest BCUT2D eigenvalue weighted by Gasteiger charge is 1.93. The summed E-state index contributed by atoms with van der Waals surface area (Å²) in [6, 6.07) is 0. The van der Waals surface area contributed by atoms with Crippen LogP contribution < -0.4 is 0 Å². The third kappa shape index (κ3) is 2.64. The van der Waals surface area contributed by atoms with E-state index in [1.54, 1.807) is 6.20 Å². The van der Waals surface area contributed by atoms with Gasteiger partial charge in [-0.1, -0.05) is 7.43 Å². The highest BCUT2D eigenvalue weighted by Crippen LogP contribution is 1.90. The van der Waals surface area contributed by atoms with E-state index in [1.807, 2.05) is 20.3 Å². The Bertz CT molecular complexity index is 155. The van der Waals surface area contributed by atoms with Gasteiger partial charge in [-0.2, -0.15) is 0 Å². The Morgan fingerprint density at radius 1 is 1.60 bits per heavy atom. The molecular formula is C7H15N3. The van der Waals surface area contributed by atoms with Crippen molar-refractivity contribution in [3.63, 3.8) is 0 Å². The van der Waals surface area contributed by atoms with Gasteiger partial charge in [-0.15, -0.1) is 0 Å². The van der Waals surface area contributed by atoms with Gasteiger partial charge in [0.05, 0.1) is 6.54 Å². The lowest BCUT2D eigenvalue weighted by Gasteiger charge is -2.04. The van der Waals surface area contributed by atoms with Crippen molar-refractivity contribution in [1.29, 1.82) is 0 Å². The summed E-state index contributed by atoms with van der Waals surface area (Å²) >= 11 is 0. The van der Waals surface area contributed by atoms with Gasteiger partial charge in [0.2, 0.25) is 0 Å². The molecule has 0 fully saturated rings. The van der Waals surface area contributed by atoms with Crippen molar-refractivity contribution in [1.82, 2.24) is 14.9 Å². The predicted molar refractivity (Wildman–Crippen MR) is 42.7 cm³/mol. The fourth-order valence-corrected chi connectivity index (χ4v) is 0.684. The summed E-state index contributed by atoms with van der Waals surface area (Å²) in [5.41, 5.74) is 0. The minimum absolute atomic E-state index is 0. The molecule has 0 bridgehead atoms. The Labute approximate surface area is 62.1 Å². The Balaban J connectivity index is 0.000000810. The second-order valence-electron chi connectivity index (χ2n) is 2.27. The topological polar surface area (TPSA) is 31.9 Å². The van der Waals surface area contributed by atoms with Gasteiger partial charge in [-0.3, -0.25) is 0 Å². The van der Waals surface area contributed by atoms with E-state index in [2.05, 4.69) is 14.9 Å². The van der Waals surface area contributed by atoms with E-state index in [0.717, 1.165) is 12.4 Å². The van der Waals surface area contributed by atoms with Crippen molar-refractivity contribution in [3.05, 3.63) is 18.2 Å². The summed E-state index contributed by atoms with van der Waals surface area (Å²) in [5.74, 6) is 1.01. The third-order valence-corrected chi connectivity index (χ3v) is 1.02. The van der Waals surface area contributed by atoms with Crippen molar-refractivity contribution in [2.24, 2.45) is 0 Å². The van der Waals surface area contributed by atoms with Crippen LogP contribution in [0.5, 0.6) is 0 Å². The van der Waals surface area contributed by atoms with Crippen molar-refractivity contribution < 1.29 is 0 Å². The molecule has 1 aromatic heterocycles. The van der Waals surface area contributed by atoms with Crippen LogP contribution in [0.25, 0.3) is 0 Å². The molecule has 1 aromatic rings. The predicted octanol–water partition coefficient (Wildman–Crippen LogP) is 1.11. The smallest absolute Gasteiger partial charge is 0.120 e. The average molecular weight is 141 g/mol. The monoisotopic (exact) mass is 141 g/mol. The SMILES string of the molecule is C.CN(C)Cc1ncc[nH]1. The molecule has 3 heteroatoms. The van der Waals surface area contributed by atoms with E-state index in [4.69, 9.17) is 0 Å². The molecule has 0 saturated carbocycles. The molecule has 0 saturated heterocycles. The van der Waals surface area contributed by atoms with Crippen LogP contribution in [-0.2, 0) is 6.54 Å². The molecule has 3 nitrogen and oxygen atoms in total. The molecular weight excluding hydrogens is 126 g/mol. The van der Waals surface area contributed by atoms with Crippen molar-refractivity contribution >= 4 is 0 Å². The average Bonchev–Trinajstić information content (AvgIpc) is 2.15. The number of imidazole rings is 1. The van der Waals surface area contributed by atoms with Crippen LogP contribution in [0.1, 0.15) is 13.3 Å². The van der Waals surface area contributed by atoms with Gasteiger partial charge in [0.15, 0.2) is 0 Å². The van der Waals surface area contributed by atoms with E-state index in [-0.39, 0.29) is 7.43 Å². The van der Waals surface area contributed by atoms with Crippen molar-refractivity contribution in [3.8, 4) is 0 Å². The summed E-state index contributed by atoms with van der Waals surface area (Å²) in [6.07, 6.45) is 3.59. The largest absolute Gasteiger partial charge is 0.348 e. The maximum atomic E-state index is 4.06. The first-order chi connectivity index (χ1) is 4.29. The lowest BCUT2D eigenvalue weighted by atomic mass is 10.6. The van der Waals surface area contributed by atoms with Gasteiger partial charge < -0.3 is 9.88 Å². The van der Waals surface area contributed by atoms with Crippen molar-refractivity contribution in [2.75, 3.05) is 14.1 Å². The summed E-state index contributed by atoms with van der Waals surface area (Å²) < 4.78 is 0. The number of H-pyrrole nitrogens is 1. The lowest BCUT2D eigenvalue weighted by Crippen LogP contribution is -2.11. The van der Waals surface area contributed by atoms with Gasteiger partial charge >= 0.3 is 0 Å². The molecule has 10 heavy (non-hydrogen) atoms. The number of nitrogens with one attached hydrogen (secondary N) is 1. The number of rotatable bonds is 2. The number of hydrogen-bond donors (Lipinski definition) is 1. The fourth-order valence-electron chi connectivity index (χ4n) is 0.684. The summed E-state index contributed by atoms with van der Waals surface area (Å²) in [7, 11) is 4.03. The number of hydrogen-bond acceptors (Lipinski definition) is 2. The summed E-state index contributed by atoms with van der Waals surface area (Å²) in [6.45, 7) is 0.882. The van der Waals surface area contributed by atoms with Crippen molar-refractivity contribution in [2.45, 2.75) is 14.0 Å². The zero-order valence-electron chi connectivity index (χ0n) is 5.76. The van der Waals surface area contributed by atoms with Gasteiger partial charge in [0.25, 0.3) is 0 Å². The lowest BCUT2D eigenvalue weighted by molar-refractivity contribution is 0.392. The van der Waals surface area contributed by atoms with Gasteiger partial charge in [0, 0.05) is 12.4 Å². The highest BCUT2D eigenvalue weighted by atomic mass is 15.1. The second kappa shape index (κ2) is 4.06. The molecule has 0 amide bonds. The first-order valence-corrected chi connectivity index (χ1v) is 2.92. The Morgan fingerprint density at radius 2 is 2.30 bits per heavy atom. The maximum absolute atomic E-state index is 4.06. The van der Waals surface area contributed by atoms with E-state index in [1.165, 1.54) is 0 Å². The second-order valence-corrected chi connectivity index (χ2v) is 2.27. The van der Waals surface area contributed by atoms with Gasteiger partial charge in [-0.05, 0) is 14.1 Å². The first kappa shape index (κ1) is 9.17. The Hall–Kier alpha value is -0.830. The first-order valence-electron chi connectivity index (χ1n) is 2.92. The Morgan fingerprint density at radius 3 is 2.70 bits per heavy atom. The van der Waals surface area contributed by atoms with Crippen LogP contribution in [-0.4, -0.2) is 29.0 Å². The maximum Gasteiger partial charge on any atom is 0.120 e. The molecule has 1 rings (SSSR count). The van der Waals surface area contributed by atoms with E-state index < -0.39 is 0 Å². The van der Waals surface area contributed by atoms with Crippen LogP contribution in [0.15, 0.2) is 12.4 Å². The molecule has 0 aliphatic rings. The third-order valence-electron chi connectivity index (χ3n) is 1.02.